The highest BCUT2D eigenvalue weighted by atomic mass is 35.5. The molecular weight excluding hydrogens is 359 g/mol. The van der Waals surface area contributed by atoms with E-state index in [9.17, 15) is 9.18 Å². The van der Waals surface area contributed by atoms with Crippen LogP contribution in [0.5, 0.6) is 5.88 Å². The first-order chi connectivity index (χ1) is 12.5. The van der Waals surface area contributed by atoms with Gasteiger partial charge in [-0.3, -0.25) is 4.79 Å². The summed E-state index contributed by atoms with van der Waals surface area (Å²) in [5.41, 5.74) is 0.294. The van der Waals surface area contributed by atoms with Crippen LogP contribution >= 0.6 is 11.6 Å². The van der Waals surface area contributed by atoms with Crippen molar-refractivity contribution in [1.82, 2.24) is 14.9 Å². The lowest BCUT2D eigenvalue weighted by atomic mass is 10.1. The van der Waals surface area contributed by atoms with Crippen LogP contribution in [0.3, 0.4) is 0 Å². The molecule has 0 radical (unpaired) electrons. The van der Waals surface area contributed by atoms with E-state index in [2.05, 4.69) is 9.97 Å². The summed E-state index contributed by atoms with van der Waals surface area (Å²) < 4.78 is 19.2. The maximum Gasteiger partial charge on any atom is 0.257 e. The molecule has 8 heteroatoms. The highest BCUT2D eigenvalue weighted by molar-refractivity contribution is 6.33. The maximum absolute atomic E-state index is 13.2. The molecule has 26 heavy (non-hydrogen) atoms. The van der Waals surface area contributed by atoms with Crippen molar-refractivity contribution in [2.45, 2.75) is 18.9 Å². The number of hydrogen-bond donors (Lipinski definition) is 0. The Kier molecular flexibility index (Phi) is 5.56. The van der Waals surface area contributed by atoms with Gasteiger partial charge in [0, 0.05) is 33.0 Å². The number of ether oxygens (including phenoxy) is 1. The SMILES string of the molecule is CN(C)c1nccnc1OC1CCCN(C(=O)c2ccc(F)cc2Cl)C1. The largest absolute Gasteiger partial charge is 0.470 e. The second-order valence-corrected chi connectivity index (χ2v) is 6.74. The van der Waals surface area contributed by atoms with Gasteiger partial charge in [0.05, 0.1) is 17.1 Å². The minimum Gasteiger partial charge on any atom is -0.470 e. The molecule has 1 aliphatic heterocycles. The van der Waals surface area contributed by atoms with Crippen molar-refractivity contribution in [2.24, 2.45) is 0 Å². The standard InChI is InChI=1S/C18H20ClFN4O2/c1-23(2)16-17(22-8-7-21-16)26-13-4-3-9-24(11-13)18(25)14-6-5-12(20)10-15(14)19/h5-8,10,13H,3-4,9,11H2,1-2H3. The molecule has 2 heterocycles. The first-order valence-corrected chi connectivity index (χ1v) is 8.73. The molecule has 1 amide bonds. The number of carbonyl (C=O) groups is 1. The van der Waals surface area contributed by atoms with Crippen LogP contribution in [0.1, 0.15) is 23.2 Å². The molecular formula is C18H20ClFN4O2. The third kappa shape index (κ3) is 4.04. The van der Waals surface area contributed by atoms with Gasteiger partial charge in [0.2, 0.25) is 0 Å². The molecule has 0 aliphatic carbocycles. The smallest absolute Gasteiger partial charge is 0.257 e. The Morgan fingerprint density at radius 3 is 2.85 bits per heavy atom. The van der Waals surface area contributed by atoms with Crippen molar-refractivity contribution < 1.29 is 13.9 Å². The van der Waals surface area contributed by atoms with Crippen molar-refractivity contribution in [3.05, 3.63) is 47.0 Å². The van der Waals surface area contributed by atoms with E-state index in [1.807, 2.05) is 19.0 Å². The number of amides is 1. The van der Waals surface area contributed by atoms with Gasteiger partial charge < -0.3 is 14.5 Å². The van der Waals surface area contributed by atoms with Crippen molar-refractivity contribution in [2.75, 3.05) is 32.1 Å². The van der Waals surface area contributed by atoms with Gasteiger partial charge in [-0.05, 0) is 31.0 Å². The van der Waals surface area contributed by atoms with Gasteiger partial charge in [-0.2, -0.15) is 0 Å². The number of benzene rings is 1. The zero-order valence-electron chi connectivity index (χ0n) is 14.7. The average Bonchev–Trinajstić information content (AvgIpc) is 2.62. The molecule has 3 rings (SSSR count). The Bertz CT molecular complexity index is 803. The molecule has 1 fully saturated rings. The highest BCUT2D eigenvalue weighted by Gasteiger charge is 2.28. The monoisotopic (exact) mass is 378 g/mol. The van der Waals surface area contributed by atoms with Crippen molar-refractivity contribution in [3.8, 4) is 5.88 Å². The summed E-state index contributed by atoms with van der Waals surface area (Å²) >= 11 is 6.02. The van der Waals surface area contributed by atoms with Gasteiger partial charge in [0.1, 0.15) is 11.9 Å². The van der Waals surface area contributed by atoms with Gasteiger partial charge in [-0.15, -0.1) is 0 Å². The quantitative estimate of drug-likeness (QED) is 0.818. The Morgan fingerprint density at radius 1 is 1.35 bits per heavy atom. The number of rotatable bonds is 4. The van der Waals surface area contributed by atoms with E-state index < -0.39 is 5.82 Å². The summed E-state index contributed by atoms with van der Waals surface area (Å²) in [7, 11) is 3.73. The molecule has 0 bridgehead atoms. The third-order valence-corrected chi connectivity index (χ3v) is 4.49. The number of likely N-dealkylation sites (tertiary alicyclic amines) is 1. The summed E-state index contributed by atoms with van der Waals surface area (Å²) in [5.74, 6) is 0.384. The number of aromatic nitrogens is 2. The van der Waals surface area contributed by atoms with E-state index in [1.165, 1.54) is 12.1 Å². The molecule has 1 aliphatic rings. The van der Waals surface area contributed by atoms with Crippen molar-refractivity contribution in [3.63, 3.8) is 0 Å². The molecule has 1 atom stereocenters. The molecule has 1 saturated heterocycles. The number of piperidine rings is 1. The van der Waals surface area contributed by atoms with E-state index >= 15 is 0 Å². The summed E-state index contributed by atoms with van der Waals surface area (Å²) in [6, 6.07) is 3.80. The second kappa shape index (κ2) is 7.86. The number of anilines is 1. The highest BCUT2D eigenvalue weighted by Crippen LogP contribution is 2.26. The molecule has 0 N–H and O–H groups in total. The lowest BCUT2D eigenvalue weighted by Crippen LogP contribution is -2.44. The zero-order chi connectivity index (χ0) is 18.7. The number of hydrogen-bond acceptors (Lipinski definition) is 5. The first-order valence-electron chi connectivity index (χ1n) is 8.35. The predicted octanol–water partition coefficient (Wildman–Crippen LogP) is 3.02. The fourth-order valence-corrected chi connectivity index (χ4v) is 3.17. The molecule has 2 aromatic rings. The van der Waals surface area contributed by atoms with Crippen molar-refractivity contribution in [1.29, 1.82) is 0 Å². The minimum absolute atomic E-state index is 0.113. The minimum atomic E-state index is -0.467. The molecule has 0 saturated carbocycles. The second-order valence-electron chi connectivity index (χ2n) is 6.34. The molecule has 1 unspecified atom stereocenters. The van der Waals surface area contributed by atoms with Gasteiger partial charge in [-0.25, -0.2) is 14.4 Å². The van der Waals surface area contributed by atoms with Gasteiger partial charge >= 0.3 is 0 Å². The fraction of sp³-hybridized carbons (Fsp3) is 0.389. The Labute approximate surface area is 156 Å². The van der Waals surface area contributed by atoms with E-state index in [0.29, 0.717) is 30.4 Å². The summed E-state index contributed by atoms with van der Waals surface area (Å²) in [4.78, 5) is 24.8. The zero-order valence-corrected chi connectivity index (χ0v) is 15.4. The van der Waals surface area contributed by atoms with E-state index in [4.69, 9.17) is 16.3 Å². The molecule has 138 valence electrons. The maximum atomic E-state index is 13.2. The number of halogens is 2. The van der Waals surface area contributed by atoms with Crippen LogP contribution in [0.25, 0.3) is 0 Å². The lowest BCUT2D eigenvalue weighted by Gasteiger charge is -2.33. The van der Waals surface area contributed by atoms with Crippen LogP contribution in [0, 0.1) is 5.82 Å². The van der Waals surface area contributed by atoms with Gasteiger partial charge in [0.15, 0.2) is 5.82 Å². The van der Waals surface area contributed by atoms with Gasteiger partial charge in [-0.1, -0.05) is 11.6 Å². The van der Waals surface area contributed by atoms with Crippen LogP contribution in [0.4, 0.5) is 10.2 Å². The average molecular weight is 379 g/mol. The fourth-order valence-electron chi connectivity index (χ4n) is 2.92. The topological polar surface area (TPSA) is 58.6 Å². The number of carbonyl (C=O) groups excluding carboxylic acids is 1. The van der Waals surface area contributed by atoms with Crippen LogP contribution in [-0.2, 0) is 0 Å². The van der Waals surface area contributed by atoms with E-state index in [-0.39, 0.29) is 17.0 Å². The molecule has 1 aromatic carbocycles. The molecule has 1 aromatic heterocycles. The Hall–Kier alpha value is -2.41. The van der Waals surface area contributed by atoms with Crippen LogP contribution in [-0.4, -0.2) is 54.1 Å². The van der Waals surface area contributed by atoms with Crippen molar-refractivity contribution >= 4 is 23.3 Å². The van der Waals surface area contributed by atoms with Crippen LogP contribution < -0.4 is 9.64 Å². The Balaban J connectivity index is 1.72. The Morgan fingerprint density at radius 2 is 2.12 bits per heavy atom. The van der Waals surface area contributed by atoms with E-state index in [1.54, 1.807) is 17.3 Å². The molecule has 6 nitrogen and oxygen atoms in total. The van der Waals surface area contributed by atoms with Crippen LogP contribution in [0.15, 0.2) is 30.6 Å². The lowest BCUT2D eigenvalue weighted by molar-refractivity contribution is 0.0528. The number of nitrogens with zero attached hydrogens (tertiary/aromatic N) is 4. The van der Waals surface area contributed by atoms with Crippen LogP contribution in [0.2, 0.25) is 5.02 Å². The first kappa shape index (κ1) is 18.4. The van der Waals surface area contributed by atoms with E-state index in [0.717, 1.165) is 18.9 Å². The summed E-state index contributed by atoms with van der Waals surface area (Å²) in [5, 5.41) is 0.113. The summed E-state index contributed by atoms with van der Waals surface area (Å²) in [6.07, 6.45) is 4.60. The normalized spacial score (nSPS) is 17.1. The molecule has 0 spiro atoms. The predicted molar refractivity (Wildman–Crippen MR) is 97.3 cm³/mol. The summed E-state index contributed by atoms with van der Waals surface area (Å²) in [6.45, 7) is 1.02. The third-order valence-electron chi connectivity index (χ3n) is 4.18. The van der Waals surface area contributed by atoms with Gasteiger partial charge in [0.25, 0.3) is 11.8 Å².